The molecular weight excluding hydrogens is 186 g/mol. The van der Waals surface area contributed by atoms with Gasteiger partial charge in [-0.1, -0.05) is 6.92 Å². The van der Waals surface area contributed by atoms with Crippen molar-refractivity contribution < 1.29 is 9.90 Å². The highest BCUT2D eigenvalue weighted by molar-refractivity contribution is 7.99. The van der Waals surface area contributed by atoms with E-state index >= 15 is 0 Å². The molecule has 0 amide bonds. The van der Waals surface area contributed by atoms with E-state index < -0.39 is 12.0 Å². The highest BCUT2D eigenvalue weighted by Gasteiger charge is 2.24. The molecular formula is C9H17NO2S. The Balaban J connectivity index is 2.37. The number of nitrogens with one attached hydrogen (secondary N) is 1. The molecule has 1 aliphatic rings. The first-order valence-electron chi connectivity index (χ1n) is 4.71. The maximum absolute atomic E-state index is 10.6. The third-order valence-electron chi connectivity index (χ3n) is 2.44. The number of hydrogen-bond acceptors (Lipinski definition) is 3. The molecule has 0 radical (unpaired) electrons. The molecule has 3 atom stereocenters. The van der Waals surface area contributed by atoms with Gasteiger partial charge in [-0.2, -0.15) is 11.8 Å². The van der Waals surface area contributed by atoms with Crippen molar-refractivity contribution in [3.63, 3.8) is 0 Å². The van der Waals surface area contributed by atoms with Crippen LogP contribution in [0.5, 0.6) is 0 Å². The lowest BCUT2D eigenvalue weighted by molar-refractivity contribution is -0.139. The standard InChI is InChI=1S/C9H17NO2S/c1-6(9(11)12)10-8-4-3-5-13-7(8)2/h6-8,10H,3-5H2,1-2H3,(H,11,12). The van der Waals surface area contributed by atoms with Gasteiger partial charge in [-0.15, -0.1) is 0 Å². The van der Waals surface area contributed by atoms with Crippen LogP contribution < -0.4 is 5.32 Å². The number of carbonyl (C=O) groups is 1. The second kappa shape index (κ2) is 4.86. The Morgan fingerprint density at radius 2 is 2.38 bits per heavy atom. The van der Waals surface area contributed by atoms with Crippen LogP contribution in [0, 0.1) is 0 Å². The third kappa shape index (κ3) is 3.19. The Bertz CT molecular complexity index is 186. The fourth-order valence-electron chi connectivity index (χ4n) is 1.53. The summed E-state index contributed by atoms with van der Waals surface area (Å²) >= 11 is 1.92. The van der Waals surface area contributed by atoms with Crippen molar-refractivity contribution in [1.82, 2.24) is 5.32 Å². The maximum atomic E-state index is 10.6. The van der Waals surface area contributed by atoms with E-state index in [9.17, 15) is 4.79 Å². The monoisotopic (exact) mass is 203 g/mol. The third-order valence-corrected chi connectivity index (χ3v) is 3.82. The van der Waals surface area contributed by atoms with E-state index in [0.717, 1.165) is 6.42 Å². The molecule has 0 aromatic heterocycles. The molecule has 0 bridgehead atoms. The first-order chi connectivity index (χ1) is 6.11. The van der Waals surface area contributed by atoms with Crippen molar-refractivity contribution in [3.8, 4) is 0 Å². The van der Waals surface area contributed by atoms with Crippen LogP contribution in [0.15, 0.2) is 0 Å². The molecule has 1 saturated heterocycles. The van der Waals surface area contributed by atoms with Crippen LogP contribution in [0.25, 0.3) is 0 Å². The largest absolute Gasteiger partial charge is 0.480 e. The Morgan fingerprint density at radius 1 is 1.69 bits per heavy atom. The van der Waals surface area contributed by atoms with Crippen LogP contribution in [-0.2, 0) is 4.79 Å². The predicted molar refractivity (Wildman–Crippen MR) is 55.2 cm³/mol. The molecule has 0 aromatic carbocycles. The van der Waals surface area contributed by atoms with E-state index in [-0.39, 0.29) is 0 Å². The number of aliphatic carboxylic acids is 1. The summed E-state index contributed by atoms with van der Waals surface area (Å²) in [6, 6.07) is -0.0593. The Hall–Kier alpha value is -0.220. The second-order valence-electron chi connectivity index (χ2n) is 3.55. The summed E-state index contributed by atoms with van der Waals surface area (Å²) in [5, 5.41) is 12.4. The molecule has 76 valence electrons. The zero-order chi connectivity index (χ0) is 9.84. The second-order valence-corrected chi connectivity index (χ2v) is 5.04. The van der Waals surface area contributed by atoms with Crippen molar-refractivity contribution in [2.75, 3.05) is 5.75 Å². The van der Waals surface area contributed by atoms with Gasteiger partial charge in [0.1, 0.15) is 6.04 Å². The van der Waals surface area contributed by atoms with Gasteiger partial charge in [0.15, 0.2) is 0 Å². The zero-order valence-electron chi connectivity index (χ0n) is 8.12. The number of hydrogen-bond donors (Lipinski definition) is 2. The van der Waals surface area contributed by atoms with E-state index in [1.54, 1.807) is 6.92 Å². The van der Waals surface area contributed by atoms with E-state index in [2.05, 4.69) is 12.2 Å². The first kappa shape index (κ1) is 10.9. The highest BCUT2D eigenvalue weighted by Crippen LogP contribution is 2.25. The number of thioether (sulfide) groups is 1. The van der Waals surface area contributed by atoms with Crippen molar-refractivity contribution in [1.29, 1.82) is 0 Å². The summed E-state index contributed by atoms with van der Waals surface area (Å²) in [6.45, 7) is 3.87. The molecule has 3 nitrogen and oxygen atoms in total. The summed E-state index contributed by atoms with van der Waals surface area (Å²) in [6.07, 6.45) is 2.30. The van der Waals surface area contributed by atoms with Crippen molar-refractivity contribution in [2.45, 2.75) is 44.0 Å². The Kier molecular flexibility index (Phi) is 4.06. The average molecular weight is 203 g/mol. The van der Waals surface area contributed by atoms with Crippen molar-refractivity contribution in [3.05, 3.63) is 0 Å². The lowest BCUT2D eigenvalue weighted by Gasteiger charge is -2.30. The highest BCUT2D eigenvalue weighted by atomic mass is 32.2. The van der Waals surface area contributed by atoms with E-state index in [1.165, 1.54) is 12.2 Å². The summed E-state index contributed by atoms with van der Waals surface area (Å²) in [5.74, 6) is 0.448. The van der Waals surface area contributed by atoms with Gasteiger partial charge in [-0.25, -0.2) is 0 Å². The van der Waals surface area contributed by atoms with Gasteiger partial charge in [0.05, 0.1) is 0 Å². The SMILES string of the molecule is CC(NC1CCCSC1C)C(=O)O. The van der Waals surface area contributed by atoms with Gasteiger partial charge in [-0.05, 0) is 25.5 Å². The predicted octanol–water partition coefficient (Wildman–Crippen LogP) is 1.33. The molecule has 0 spiro atoms. The summed E-state index contributed by atoms with van der Waals surface area (Å²) in [7, 11) is 0. The van der Waals surface area contributed by atoms with Crippen LogP contribution in [0.1, 0.15) is 26.7 Å². The summed E-state index contributed by atoms with van der Waals surface area (Å²) in [4.78, 5) is 10.6. The number of rotatable bonds is 3. The number of carboxylic acids is 1. The maximum Gasteiger partial charge on any atom is 0.320 e. The van der Waals surface area contributed by atoms with Crippen LogP contribution in [0.4, 0.5) is 0 Å². The molecule has 1 aliphatic heterocycles. The lowest BCUT2D eigenvalue weighted by Crippen LogP contribution is -2.47. The van der Waals surface area contributed by atoms with Crippen molar-refractivity contribution >= 4 is 17.7 Å². The van der Waals surface area contributed by atoms with Crippen LogP contribution >= 0.6 is 11.8 Å². The molecule has 3 unspecified atom stereocenters. The Morgan fingerprint density at radius 3 is 2.92 bits per heavy atom. The quantitative estimate of drug-likeness (QED) is 0.726. The van der Waals surface area contributed by atoms with Crippen LogP contribution in [-0.4, -0.2) is 34.2 Å². The Labute approximate surface area is 83.3 Å². The molecule has 1 heterocycles. The minimum atomic E-state index is -0.761. The molecule has 0 aliphatic carbocycles. The van der Waals surface area contributed by atoms with Crippen LogP contribution in [0.2, 0.25) is 0 Å². The minimum absolute atomic E-state index is 0.366. The topological polar surface area (TPSA) is 49.3 Å². The number of carboxylic acid groups (broad SMARTS) is 1. The molecule has 1 rings (SSSR count). The first-order valence-corrected chi connectivity index (χ1v) is 5.76. The van der Waals surface area contributed by atoms with E-state index in [1.807, 2.05) is 11.8 Å². The average Bonchev–Trinajstić information content (AvgIpc) is 2.08. The fourth-order valence-corrected chi connectivity index (χ4v) is 2.69. The molecule has 2 N–H and O–H groups in total. The molecule has 13 heavy (non-hydrogen) atoms. The summed E-state index contributed by atoms with van der Waals surface area (Å²) in [5.41, 5.74) is 0. The fraction of sp³-hybridized carbons (Fsp3) is 0.889. The smallest absolute Gasteiger partial charge is 0.320 e. The van der Waals surface area contributed by atoms with Crippen LogP contribution in [0.3, 0.4) is 0 Å². The van der Waals surface area contributed by atoms with Crippen molar-refractivity contribution in [2.24, 2.45) is 0 Å². The zero-order valence-corrected chi connectivity index (χ0v) is 8.93. The van der Waals surface area contributed by atoms with Gasteiger partial charge in [0.2, 0.25) is 0 Å². The normalized spacial score (nSPS) is 31.2. The van der Waals surface area contributed by atoms with Gasteiger partial charge >= 0.3 is 5.97 Å². The van der Waals surface area contributed by atoms with Gasteiger partial charge in [-0.3, -0.25) is 4.79 Å². The molecule has 4 heteroatoms. The molecule has 0 saturated carbocycles. The lowest BCUT2D eigenvalue weighted by atomic mass is 10.1. The minimum Gasteiger partial charge on any atom is -0.480 e. The van der Waals surface area contributed by atoms with Gasteiger partial charge in [0.25, 0.3) is 0 Å². The van der Waals surface area contributed by atoms with Gasteiger partial charge in [0, 0.05) is 11.3 Å². The summed E-state index contributed by atoms with van der Waals surface area (Å²) < 4.78 is 0. The van der Waals surface area contributed by atoms with E-state index in [4.69, 9.17) is 5.11 Å². The van der Waals surface area contributed by atoms with E-state index in [0.29, 0.717) is 11.3 Å². The molecule has 1 fully saturated rings. The van der Waals surface area contributed by atoms with Gasteiger partial charge < -0.3 is 10.4 Å². The molecule has 0 aromatic rings.